The van der Waals surface area contributed by atoms with Crippen molar-refractivity contribution in [2.75, 3.05) is 20.2 Å². The Balaban J connectivity index is 1.67. The van der Waals surface area contributed by atoms with Crippen molar-refractivity contribution in [2.24, 2.45) is 4.99 Å². The molecule has 0 spiro atoms. The molecule has 3 aliphatic rings. The molecule has 1 fully saturated rings. The first-order chi connectivity index (χ1) is 13.3. The molecule has 3 amide bonds. The van der Waals surface area contributed by atoms with Crippen molar-refractivity contribution in [3.05, 3.63) is 46.8 Å². The van der Waals surface area contributed by atoms with Gasteiger partial charge in [0.1, 0.15) is 0 Å². The van der Waals surface area contributed by atoms with E-state index in [1.165, 1.54) is 9.80 Å². The summed E-state index contributed by atoms with van der Waals surface area (Å²) in [5.41, 5.74) is 3.88. The van der Waals surface area contributed by atoms with E-state index in [1.807, 2.05) is 54.8 Å². The number of hydrogen-bond donors (Lipinski definition) is 1. The Kier molecular flexibility index (Phi) is 4.38. The second-order valence-electron chi connectivity index (χ2n) is 7.51. The third-order valence-corrected chi connectivity index (χ3v) is 5.75. The van der Waals surface area contributed by atoms with Crippen LogP contribution in [0.1, 0.15) is 25.0 Å². The van der Waals surface area contributed by atoms with Gasteiger partial charge in [0.2, 0.25) is 5.96 Å². The zero-order valence-corrected chi connectivity index (χ0v) is 16.6. The van der Waals surface area contributed by atoms with Crippen molar-refractivity contribution in [2.45, 2.75) is 39.5 Å². The molecule has 0 saturated carbocycles. The number of aliphatic hydroxyl groups excluding tert-OH is 1. The molecule has 0 aliphatic carbocycles. The Morgan fingerprint density at radius 2 is 1.86 bits per heavy atom. The van der Waals surface area contributed by atoms with Crippen molar-refractivity contribution in [1.82, 2.24) is 19.6 Å². The first-order valence-electron chi connectivity index (χ1n) is 9.41. The summed E-state index contributed by atoms with van der Waals surface area (Å²) >= 11 is 0. The van der Waals surface area contributed by atoms with Crippen molar-refractivity contribution in [1.29, 1.82) is 0 Å². The summed E-state index contributed by atoms with van der Waals surface area (Å²) in [6, 6.07) is 6.89. The third kappa shape index (κ3) is 2.59. The first-order valence-corrected chi connectivity index (χ1v) is 9.41. The van der Waals surface area contributed by atoms with E-state index in [2.05, 4.69) is 4.99 Å². The summed E-state index contributed by atoms with van der Waals surface area (Å²) < 4.78 is 0. The van der Waals surface area contributed by atoms with Crippen molar-refractivity contribution >= 4 is 17.9 Å². The summed E-state index contributed by atoms with van der Waals surface area (Å²) in [4.78, 5) is 37.6. The van der Waals surface area contributed by atoms with E-state index in [-0.39, 0.29) is 25.1 Å². The number of benzene rings is 1. The number of allylic oxidation sites excluding steroid dienone is 2. The number of likely N-dealkylation sites (N-methyl/N-ethyl adjacent to an activating group) is 1. The number of urea groups is 1. The Labute approximate surface area is 164 Å². The standard InChI is InChI=1S/C20H25N5O3/c1-12-6-5-7-15(10-12)11-24-18(27)16-17(22(4)20(24)28)21-19-23(8-9-26)13(2)14(3)25(16)19/h5-7,10,16-17,26H,8-9,11H2,1-4H3. The number of aryl methyl sites for hydroxylation is 1. The molecule has 0 aromatic heterocycles. The van der Waals surface area contributed by atoms with Crippen LogP contribution in [0.3, 0.4) is 0 Å². The largest absolute Gasteiger partial charge is 0.395 e. The molecule has 3 heterocycles. The van der Waals surface area contributed by atoms with Gasteiger partial charge in [0.25, 0.3) is 5.91 Å². The van der Waals surface area contributed by atoms with Gasteiger partial charge in [-0.1, -0.05) is 29.8 Å². The number of carbonyl (C=O) groups excluding carboxylic acids is 2. The zero-order chi connectivity index (χ0) is 20.2. The van der Waals surface area contributed by atoms with Gasteiger partial charge < -0.3 is 14.9 Å². The van der Waals surface area contributed by atoms with Crippen LogP contribution in [0, 0.1) is 6.92 Å². The molecule has 1 saturated heterocycles. The van der Waals surface area contributed by atoms with Crippen molar-refractivity contribution in [3.63, 3.8) is 0 Å². The number of rotatable bonds is 4. The lowest BCUT2D eigenvalue weighted by Gasteiger charge is -2.40. The summed E-state index contributed by atoms with van der Waals surface area (Å²) in [6.45, 7) is 6.50. The summed E-state index contributed by atoms with van der Waals surface area (Å²) in [6.07, 6.45) is -0.562. The minimum Gasteiger partial charge on any atom is -0.395 e. The Morgan fingerprint density at radius 1 is 1.11 bits per heavy atom. The summed E-state index contributed by atoms with van der Waals surface area (Å²) in [7, 11) is 1.68. The van der Waals surface area contributed by atoms with Gasteiger partial charge in [0, 0.05) is 25.0 Å². The number of guanidine groups is 1. The molecule has 1 aromatic carbocycles. The number of amides is 3. The fourth-order valence-corrected chi connectivity index (χ4v) is 4.19. The van der Waals surface area contributed by atoms with Crippen LogP contribution in [0.2, 0.25) is 0 Å². The summed E-state index contributed by atoms with van der Waals surface area (Å²) in [5.74, 6) is 0.385. The lowest BCUT2D eigenvalue weighted by Crippen LogP contribution is -2.64. The number of carbonyl (C=O) groups is 2. The molecule has 28 heavy (non-hydrogen) atoms. The van der Waals surface area contributed by atoms with Crippen LogP contribution in [-0.4, -0.2) is 75.0 Å². The minimum atomic E-state index is -0.582. The van der Waals surface area contributed by atoms with Crippen molar-refractivity contribution < 1.29 is 14.7 Å². The molecular weight excluding hydrogens is 358 g/mol. The highest BCUT2D eigenvalue weighted by molar-refractivity contribution is 6.05. The van der Waals surface area contributed by atoms with Gasteiger partial charge in [-0.25, -0.2) is 9.79 Å². The molecule has 8 nitrogen and oxygen atoms in total. The second-order valence-corrected chi connectivity index (χ2v) is 7.51. The van der Waals surface area contributed by atoms with E-state index < -0.39 is 12.2 Å². The molecule has 0 radical (unpaired) electrons. The van der Waals surface area contributed by atoms with Gasteiger partial charge >= 0.3 is 6.03 Å². The van der Waals surface area contributed by atoms with Gasteiger partial charge in [0.15, 0.2) is 12.2 Å². The maximum atomic E-state index is 13.4. The molecule has 148 valence electrons. The molecule has 2 unspecified atom stereocenters. The number of β-amino-alcohol motifs (C(OH)–C–C–N with tert-alkyl or cyclic N) is 1. The number of hydrogen-bond acceptors (Lipinski definition) is 6. The normalized spacial score (nSPS) is 24.2. The Bertz CT molecular complexity index is 909. The van der Waals surface area contributed by atoms with E-state index in [4.69, 9.17) is 0 Å². The highest BCUT2D eigenvalue weighted by Crippen LogP contribution is 2.37. The monoisotopic (exact) mass is 383 g/mol. The van der Waals surface area contributed by atoms with Crippen molar-refractivity contribution in [3.8, 4) is 0 Å². The number of fused-ring (bicyclic) bond motifs is 3. The van der Waals surface area contributed by atoms with Crippen LogP contribution in [0.15, 0.2) is 40.7 Å². The maximum absolute atomic E-state index is 13.4. The van der Waals surface area contributed by atoms with E-state index in [1.54, 1.807) is 7.05 Å². The predicted octanol–water partition coefficient (Wildman–Crippen LogP) is 1.31. The second kappa shape index (κ2) is 6.63. The van der Waals surface area contributed by atoms with Crippen LogP contribution in [-0.2, 0) is 11.3 Å². The topological polar surface area (TPSA) is 79.7 Å². The number of nitrogens with zero attached hydrogens (tertiary/aromatic N) is 5. The van der Waals surface area contributed by atoms with Gasteiger partial charge in [-0.2, -0.15) is 0 Å². The van der Waals surface area contributed by atoms with Crippen LogP contribution in [0.4, 0.5) is 4.79 Å². The quantitative estimate of drug-likeness (QED) is 0.848. The Hall–Kier alpha value is -2.87. The molecule has 1 aromatic rings. The van der Waals surface area contributed by atoms with Crippen LogP contribution in [0.25, 0.3) is 0 Å². The predicted molar refractivity (Wildman–Crippen MR) is 104 cm³/mol. The highest BCUT2D eigenvalue weighted by Gasteiger charge is 2.55. The molecule has 2 atom stereocenters. The SMILES string of the molecule is CC1=C(C)N2C(=NC3C2C(=O)N(Cc2cccc(C)c2)C(=O)N3C)N1CCO. The van der Waals surface area contributed by atoms with E-state index in [9.17, 15) is 14.7 Å². The average Bonchev–Trinajstić information content (AvgIpc) is 3.16. The van der Waals surface area contributed by atoms with Crippen LogP contribution < -0.4 is 0 Å². The molecular formula is C20H25N5O3. The van der Waals surface area contributed by atoms with Crippen LogP contribution >= 0.6 is 0 Å². The van der Waals surface area contributed by atoms with Gasteiger partial charge in [-0.3, -0.25) is 14.6 Å². The molecule has 8 heteroatoms. The smallest absolute Gasteiger partial charge is 0.328 e. The number of aliphatic hydroxyl groups is 1. The zero-order valence-electron chi connectivity index (χ0n) is 16.6. The molecule has 1 N–H and O–H groups in total. The third-order valence-electron chi connectivity index (χ3n) is 5.75. The van der Waals surface area contributed by atoms with Crippen LogP contribution in [0.5, 0.6) is 0 Å². The summed E-state index contributed by atoms with van der Waals surface area (Å²) in [5, 5.41) is 9.41. The lowest BCUT2D eigenvalue weighted by molar-refractivity contribution is -0.137. The van der Waals surface area contributed by atoms with Gasteiger partial charge in [-0.05, 0) is 26.3 Å². The number of aliphatic imine (C=N–C) groups is 1. The fraction of sp³-hybridized carbons (Fsp3) is 0.450. The first kappa shape index (κ1) is 18.5. The lowest BCUT2D eigenvalue weighted by atomic mass is 10.1. The average molecular weight is 383 g/mol. The van der Waals surface area contributed by atoms with Gasteiger partial charge in [0.05, 0.1) is 13.2 Å². The highest BCUT2D eigenvalue weighted by atomic mass is 16.3. The Morgan fingerprint density at radius 3 is 2.54 bits per heavy atom. The van der Waals surface area contributed by atoms with E-state index in [0.29, 0.717) is 12.5 Å². The molecule has 4 rings (SSSR count). The molecule has 0 bridgehead atoms. The molecule has 3 aliphatic heterocycles. The maximum Gasteiger partial charge on any atom is 0.328 e. The fourth-order valence-electron chi connectivity index (χ4n) is 4.19. The van der Waals surface area contributed by atoms with E-state index in [0.717, 1.165) is 22.5 Å². The van der Waals surface area contributed by atoms with Gasteiger partial charge in [-0.15, -0.1) is 0 Å². The number of imide groups is 1. The van der Waals surface area contributed by atoms with E-state index >= 15 is 0 Å². The minimum absolute atomic E-state index is 0.0188.